The first-order valence-electron chi connectivity index (χ1n) is 6.67. The van der Waals surface area contributed by atoms with Crippen LogP contribution in [0.15, 0.2) is 24.3 Å². The largest absolute Gasteiger partial charge is 0.329 e. The van der Waals surface area contributed by atoms with E-state index in [1.165, 1.54) is 0 Å². The summed E-state index contributed by atoms with van der Waals surface area (Å²) < 4.78 is 0. The highest BCUT2D eigenvalue weighted by molar-refractivity contribution is 6.31. The number of rotatable bonds is 4. The van der Waals surface area contributed by atoms with Crippen LogP contribution in [-0.2, 0) is 0 Å². The standard InChI is InChI=1S/C14H22ClN3/c1-2-17-7-9-18(10-8-17)14(11-16)12-5-3-4-6-13(12)15/h3-6,14H,2,7-11,16H2,1H3/t14-/m0/s1. The maximum atomic E-state index is 6.28. The van der Waals surface area contributed by atoms with Gasteiger partial charge in [0.15, 0.2) is 0 Å². The lowest BCUT2D eigenvalue weighted by Gasteiger charge is -2.39. The lowest BCUT2D eigenvalue weighted by Crippen LogP contribution is -2.48. The fourth-order valence-corrected chi connectivity index (χ4v) is 2.87. The van der Waals surface area contributed by atoms with Crippen LogP contribution in [0.1, 0.15) is 18.5 Å². The number of likely N-dealkylation sites (N-methyl/N-ethyl adjacent to an activating group) is 1. The molecule has 1 aliphatic heterocycles. The highest BCUT2D eigenvalue weighted by atomic mass is 35.5. The third-order valence-electron chi connectivity index (χ3n) is 3.78. The molecule has 0 aliphatic carbocycles. The van der Waals surface area contributed by atoms with E-state index in [1.54, 1.807) is 0 Å². The minimum Gasteiger partial charge on any atom is -0.329 e. The van der Waals surface area contributed by atoms with Gasteiger partial charge in [0.2, 0.25) is 0 Å². The van der Waals surface area contributed by atoms with Crippen molar-refractivity contribution >= 4 is 11.6 Å². The van der Waals surface area contributed by atoms with Gasteiger partial charge in [-0.3, -0.25) is 4.90 Å². The zero-order valence-corrected chi connectivity index (χ0v) is 11.7. The van der Waals surface area contributed by atoms with Gasteiger partial charge in [0.1, 0.15) is 0 Å². The molecule has 2 N–H and O–H groups in total. The van der Waals surface area contributed by atoms with Crippen LogP contribution >= 0.6 is 11.6 Å². The Morgan fingerprint density at radius 1 is 1.22 bits per heavy atom. The van der Waals surface area contributed by atoms with Gasteiger partial charge < -0.3 is 10.6 Å². The van der Waals surface area contributed by atoms with Crippen LogP contribution in [0.25, 0.3) is 0 Å². The van der Waals surface area contributed by atoms with Gasteiger partial charge >= 0.3 is 0 Å². The van der Waals surface area contributed by atoms with E-state index >= 15 is 0 Å². The Labute approximate surface area is 115 Å². The van der Waals surface area contributed by atoms with Crippen LogP contribution < -0.4 is 5.73 Å². The second-order valence-corrected chi connectivity index (χ2v) is 5.15. The van der Waals surface area contributed by atoms with Crippen molar-refractivity contribution in [2.45, 2.75) is 13.0 Å². The van der Waals surface area contributed by atoms with Crippen LogP contribution in [0.5, 0.6) is 0 Å². The summed E-state index contributed by atoms with van der Waals surface area (Å²) in [6, 6.07) is 8.28. The van der Waals surface area contributed by atoms with Gasteiger partial charge in [-0.2, -0.15) is 0 Å². The number of benzene rings is 1. The predicted octanol–water partition coefficient (Wildman–Crippen LogP) is 1.98. The SMILES string of the molecule is CCN1CCN([C@@H](CN)c2ccccc2Cl)CC1. The Hall–Kier alpha value is -0.610. The third kappa shape index (κ3) is 3.04. The molecule has 1 atom stereocenters. The summed E-state index contributed by atoms with van der Waals surface area (Å²) in [5, 5.41) is 0.825. The van der Waals surface area contributed by atoms with Crippen LogP contribution in [0.4, 0.5) is 0 Å². The summed E-state index contributed by atoms with van der Waals surface area (Å²) in [6.07, 6.45) is 0. The van der Waals surface area contributed by atoms with Crippen molar-refractivity contribution in [2.24, 2.45) is 5.73 Å². The molecule has 1 aliphatic rings. The molecule has 1 saturated heterocycles. The second-order valence-electron chi connectivity index (χ2n) is 4.74. The molecule has 1 aromatic carbocycles. The molecule has 2 rings (SSSR count). The number of hydrogen-bond donors (Lipinski definition) is 1. The molecule has 18 heavy (non-hydrogen) atoms. The van der Waals surface area contributed by atoms with Gasteiger partial charge in [-0.15, -0.1) is 0 Å². The minimum atomic E-state index is 0.248. The molecule has 4 heteroatoms. The molecule has 0 spiro atoms. The summed E-state index contributed by atoms with van der Waals surface area (Å²) in [5.74, 6) is 0. The number of hydrogen-bond acceptors (Lipinski definition) is 3. The fourth-order valence-electron chi connectivity index (χ4n) is 2.61. The maximum Gasteiger partial charge on any atom is 0.0486 e. The Morgan fingerprint density at radius 2 is 1.89 bits per heavy atom. The first-order valence-corrected chi connectivity index (χ1v) is 7.05. The lowest BCUT2D eigenvalue weighted by molar-refractivity contribution is 0.102. The van der Waals surface area contributed by atoms with E-state index in [1.807, 2.05) is 18.2 Å². The number of halogens is 1. The lowest BCUT2D eigenvalue weighted by atomic mass is 10.0. The highest BCUT2D eigenvalue weighted by Crippen LogP contribution is 2.27. The van der Waals surface area contributed by atoms with Gasteiger partial charge in [0.25, 0.3) is 0 Å². The Balaban J connectivity index is 2.08. The van der Waals surface area contributed by atoms with E-state index in [0.29, 0.717) is 6.54 Å². The molecule has 3 nitrogen and oxygen atoms in total. The predicted molar refractivity (Wildman–Crippen MR) is 76.9 cm³/mol. The molecule has 1 heterocycles. The van der Waals surface area contributed by atoms with Crippen LogP contribution in [0, 0.1) is 0 Å². The van der Waals surface area contributed by atoms with Crippen molar-refractivity contribution in [3.05, 3.63) is 34.9 Å². The van der Waals surface area contributed by atoms with E-state index in [4.69, 9.17) is 17.3 Å². The molecule has 1 fully saturated rings. The molecule has 0 aromatic heterocycles. The summed E-state index contributed by atoms with van der Waals surface area (Å²) in [4.78, 5) is 4.92. The van der Waals surface area contributed by atoms with Crippen molar-refractivity contribution in [2.75, 3.05) is 39.3 Å². The van der Waals surface area contributed by atoms with Crippen molar-refractivity contribution in [3.63, 3.8) is 0 Å². The van der Waals surface area contributed by atoms with Crippen molar-refractivity contribution in [3.8, 4) is 0 Å². The quantitative estimate of drug-likeness (QED) is 0.906. The summed E-state index contributed by atoms with van der Waals surface area (Å²) >= 11 is 6.28. The summed E-state index contributed by atoms with van der Waals surface area (Å²) in [5.41, 5.74) is 7.12. The van der Waals surface area contributed by atoms with Gasteiger partial charge in [-0.1, -0.05) is 36.7 Å². The fraction of sp³-hybridized carbons (Fsp3) is 0.571. The third-order valence-corrected chi connectivity index (χ3v) is 4.13. The number of nitrogens with two attached hydrogens (primary N) is 1. The van der Waals surface area contributed by atoms with Gasteiger partial charge in [0, 0.05) is 43.8 Å². The average molecular weight is 268 g/mol. The van der Waals surface area contributed by atoms with Gasteiger partial charge in [0.05, 0.1) is 0 Å². The van der Waals surface area contributed by atoms with Crippen molar-refractivity contribution < 1.29 is 0 Å². The molecule has 1 aromatic rings. The maximum absolute atomic E-state index is 6.28. The molecule has 0 saturated carbocycles. The zero-order valence-electron chi connectivity index (χ0n) is 11.0. The van der Waals surface area contributed by atoms with Crippen molar-refractivity contribution in [1.29, 1.82) is 0 Å². The normalized spacial score (nSPS) is 19.9. The first-order chi connectivity index (χ1) is 8.76. The number of nitrogens with zero attached hydrogens (tertiary/aromatic N) is 2. The molecular formula is C14H22ClN3. The van der Waals surface area contributed by atoms with Crippen LogP contribution in [0.2, 0.25) is 5.02 Å². The Morgan fingerprint density at radius 3 is 2.44 bits per heavy atom. The molecule has 100 valence electrons. The molecule has 0 bridgehead atoms. The van der Waals surface area contributed by atoms with Crippen LogP contribution in [0.3, 0.4) is 0 Å². The molecule has 0 amide bonds. The molecule has 0 radical (unpaired) electrons. The highest BCUT2D eigenvalue weighted by Gasteiger charge is 2.24. The van der Waals surface area contributed by atoms with Gasteiger partial charge in [-0.25, -0.2) is 0 Å². The minimum absolute atomic E-state index is 0.248. The van der Waals surface area contributed by atoms with E-state index < -0.39 is 0 Å². The second kappa shape index (κ2) is 6.53. The van der Waals surface area contributed by atoms with Crippen LogP contribution in [-0.4, -0.2) is 49.1 Å². The monoisotopic (exact) mass is 267 g/mol. The van der Waals surface area contributed by atoms with Gasteiger partial charge in [-0.05, 0) is 18.2 Å². The summed E-state index contributed by atoms with van der Waals surface area (Å²) in [7, 11) is 0. The molecule has 0 unspecified atom stereocenters. The van der Waals surface area contributed by atoms with E-state index in [2.05, 4.69) is 22.8 Å². The van der Waals surface area contributed by atoms with E-state index in [9.17, 15) is 0 Å². The Kier molecular flexibility index (Phi) is 5.01. The smallest absolute Gasteiger partial charge is 0.0486 e. The zero-order chi connectivity index (χ0) is 13.0. The van der Waals surface area contributed by atoms with E-state index in [0.717, 1.165) is 43.3 Å². The molecular weight excluding hydrogens is 246 g/mol. The Bertz CT molecular complexity index is 375. The summed E-state index contributed by atoms with van der Waals surface area (Å²) in [6.45, 7) is 8.35. The first kappa shape index (κ1) is 13.8. The topological polar surface area (TPSA) is 32.5 Å². The average Bonchev–Trinajstić information content (AvgIpc) is 2.42. The van der Waals surface area contributed by atoms with E-state index in [-0.39, 0.29) is 6.04 Å². The number of piperazine rings is 1. The van der Waals surface area contributed by atoms with Crippen molar-refractivity contribution in [1.82, 2.24) is 9.80 Å².